The molecule has 2 saturated heterocycles. The minimum atomic E-state index is 0.363. The first kappa shape index (κ1) is 21.6. The molecule has 0 radical (unpaired) electrons. The first-order valence-electron chi connectivity index (χ1n) is 10.7. The van der Waals surface area contributed by atoms with Crippen LogP contribution in [0.5, 0.6) is 0 Å². The molecule has 0 aliphatic carbocycles. The van der Waals surface area contributed by atoms with Gasteiger partial charge in [-0.2, -0.15) is 0 Å². The van der Waals surface area contributed by atoms with E-state index < -0.39 is 0 Å². The van der Waals surface area contributed by atoms with E-state index >= 15 is 0 Å². The molecule has 3 heterocycles. The maximum Gasteiger partial charge on any atom is 0.191 e. The van der Waals surface area contributed by atoms with Gasteiger partial charge in [0.1, 0.15) is 0 Å². The molecule has 0 amide bonds. The average molecular weight is 408 g/mol. The van der Waals surface area contributed by atoms with Crippen LogP contribution in [-0.4, -0.2) is 81.3 Å². The summed E-state index contributed by atoms with van der Waals surface area (Å²) in [5, 5.41) is 9.34. The number of hydrogen-bond acceptors (Lipinski definition) is 5. The van der Waals surface area contributed by atoms with Crippen molar-refractivity contribution in [2.24, 2.45) is 10.9 Å². The van der Waals surface area contributed by atoms with Crippen LogP contribution in [0.15, 0.2) is 22.5 Å². The Kier molecular flexibility index (Phi) is 8.58. The van der Waals surface area contributed by atoms with Crippen molar-refractivity contribution in [3.05, 3.63) is 22.4 Å². The molecule has 0 aromatic carbocycles. The number of hydrogen-bond donors (Lipinski definition) is 2. The normalized spacial score (nSPS) is 21.8. The Morgan fingerprint density at radius 2 is 1.82 bits per heavy atom. The molecule has 0 spiro atoms. The Hall–Kier alpha value is -1.15. The van der Waals surface area contributed by atoms with E-state index in [9.17, 15) is 0 Å². The van der Waals surface area contributed by atoms with E-state index in [-0.39, 0.29) is 0 Å². The van der Waals surface area contributed by atoms with E-state index in [1.165, 1.54) is 30.8 Å². The molecule has 1 aromatic rings. The maximum atomic E-state index is 5.55. The molecular weight excluding hydrogens is 370 g/mol. The number of nitrogens with one attached hydrogen (secondary N) is 2. The highest BCUT2D eigenvalue weighted by atomic mass is 32.1. The Morgan fingerprint density at radius 1 is 1.11 bits per heavy atom. The van der Waals surface area contributed by atoms with Crippen LogP contribution in [-0.2, 0) is 4.74 Å². The topological polar surface area (TPSA) is 52.1 Å². The fourth-order valence-electron chi connectivity index (χ4n) is 4.25. The van der Waals surface area contributed by atoms with Crippen molar-refractivity contribution in [2.45, 2.75) is 38.8 Å². The van der Waals surface area contributed by atoms with E-state index in [0.717, 1.165) is 45.4 Å². The van der Waals surface area contributed by atoms with Crippen molar-refractivity contribution in [2.75, 3.05) is 59.5 Å². The smallest absolute Gasteiger partial charge is 0.191 e. The molecule has 2 fully saturated rings. The third kappa shape index (κ3) is 5.92. The average Bonchev–Trinajstić information content (AvgIpc) is 3.42. The van der Waals surface area contributed by atoms with Gasteiger partial charge in [-0.05, 0) is 43.3 Å². The first-order valence-corrected chi connectivity index (χ1v) is 11.6. The van der Waals surface area contributed by atoms with E-state index in [4.69, 9.17) is 4.74 Å². The van der Waals surface area contributed by atoms with E-state index in [2.05, 4.69) is 56.8 Å². The lowest BCUT2D eigenvalue weighted by Crippen LogP contribution is -2.50. The number of nitrogens with zero attached hydrogens (tertiary/aromatic N) is 3. The summed E-state index contributed by atoms with van der Waals surface area (Å²) in [6.07, 6.45) is 2.66. The number of guanidine groups is 1. The van der Waals surface area contributed by atoms with Crippen LogP contribution < -0.4 is 10.6 Å². The zero-order chi connectivity index (χ0) is 19.8. The second kappa shape index (κ2) is 11.1. The van der Waals surface area contributed by atoms with Crippen LogP contribution in [0, 0.1) is 5.92 Å². The number of rotatable bonds is 8. The summed E-state index contributed by atoms with van der Waals surface area (Å²) in [6.45, 7) is 12.5. The zero-order valence-electron chi connectivity index (χ0n) is 17.7. The van der Waals surface area contributed by atoms with Gasteiger partial charge in [0, 0.05) is 44.1 Å². The van der Waals surface area contributed by atoms with Crippen LogP contribution in [0.2, 0.25) is 0 Å². The van der Waals surface area contributed by atoms with Gasteiger partial charge in [-0.1, -0.05) is 19.9 Å². The van der Waals surface area contributed by atoms with Crippen LogP contribution in [0.1, 0.15) is 37.6 Å². The minimum absolute atomic E-state index is 0.363. The molecule has 7 heteroatoms. The molecule has 2 unspecified atom stereocenters. The number of aliphatic imine (C=N–C) groups is 1. The highest BCUT2D eigenvalue weighted by Gasteiger charge is 2.26. The number of ether oxygens (including phenoxy) is 1. The summed E-state index contributed by atoms with van der Waals surface area (Å²) in [7, 11) is 1.87. The minimum Gasteiger partial charge on any atom is -0.379 e. The van der Waals surface area contributed by atoms with Crippen molar-refractivity contribution in [1.82, 2.24) is 20.4 Å². The fourth-order valence-corrected chi connectivity index (χ4v) is 5.12. The molecular formula is C21H37N5OS. The molecule has 6 nitrogen and oxygen atoms in total. The van der Waals surface area contributed by atoms with E-state index in [1.807, 2.05) is 18.4 Å². The summed E-state index contributed by atoms with van der Waals surface area (Å²) >= 11 is 1.83. The van der Waals surface area contributed by atoms with Crippen LogP contribution in [0.4, 0.5) is 0 Å². The second-order valence-electron chi connectivity index (χ2n) is 8.07. The summed E-state index contributed by atoms with van der Waals surface area (Å²) in [6, 6.07) is 5.31. The molecule has 2 aliphatic heterocycles. The molecule has 28 heavy (non-hydrogen) atoms. The maximum absolute atomic E-state index is 5.55. The van der Waals surface area contributed by atoms with Gasteiger partial charge in [0.15, 0.2) is 5.96 Å². The Balaban J connectivity index is 1.55. The van der Waals surface area contributed by atoms with E-state index in [1.54, 1.807) is 0 Å². The number of morpholine rings is 1. The third-order valence-corrected chi connectivity index (χ3v) is 6.88. The Morgan fingerprint density at radius 3 is 2.43 bits per heavy atom. The van der Waals surface area contributed by atoms with E-state index in [0.29, 0.717) is 18.0 Å². The summed E-state index contributed by atoms with van der Waals surface area (Å²) in [5.41, 5.74) is 0. The van der Waals surface area contributed by atoms with Crippen molar-refractivity contribution in [3.63, 3.8) is 0 Å². The lowest BCUT2D eigenvalue weighted by atomic mass is 10.0. The summed E-state index contributed by atoms with van der Waals surface area (Å²) < 4.78 is 5.55. The Labute approximate surface area is 174 Å². The van der Waals surface area contributed by atoms with Gasteiger partial charge in [0.05, 0.1) is 19.3 Å². The monoisotopic (exact) mass is 407 g/mol. The van der Waals surface area contributed by atoms with Crippen molar-refractivity contribution < 1.29 is 4.74 Å². The molecule has 0 bridgehead atoms. The molecule has 2 atom stereocenters. The molecule has 2 N–H and O–H groups in total. The highest BCUT2D eigenvalue weighted by Crippen LogP contribution is 2.25. The predicted octanol–water partition coefficient (Wildman–Crippen LogP) is 2.41. The van der Waals surface area contributed by atoms with Gasteiger partial charge in [-0.3, -0.25) is 14.8 Å². The third-order valence-electron chi connectivity index (χ3n) is 5.90. The van der Waals surface area contributed by atoms with Crippen molar-refractivity contribution in [1.29, 1.82) is 0 Å². The highest BCUT2D eigenvalue weighted by molar-refractivity contribution is 7.10. The second-order valence-corrected chi connectivity index (χ2v) is 9.05. The summed E-state index contributed by atoms with van der Waals surface area (Å²) in [4.78, 5) is 11.0. The van der Waals surface area contributed by atoms with Crippen molar-refractivity contribution in [3.8, 4) is 0 Å². The quantitative estimate of drug-likeness (QED) is 0.512. The molecule has 3 rings (SSSR count). The van der Waals surface area contributed by atoms with Gasteiger partial charge < -0.3 is 15.4 Å². The molecule has 158 valence electrons. The lowest BCUT2D eigenvalue weighted by Gasteiger charge is -2.35. The number of likely N-dealkylation sites (tertiary alicyclic amines) is 1. The zero-order valence-corrected chi connectivity index (χ0v) is 18.5. The van der Waals surface area contributed by atoms with Crippen LogP contribution >= 0.6 is 11.3 Å². The first-order chi connectivity index (χ1) is 13.7. The standard InChI is InChI=1S/C21H37N5OS/c1-17(2)18(25-8-4-5-9-25)15-23-21(22-3)24-16-19(20-7-6-14-28-20)26-10-12-27-13-11-26/h6-7,14,17-19H,4-5,8-13,15-16H2,1-3H3,(H2,22,23,24). The van der Waals surface area contributed by atoms with Gasteiger partial charge in [0.25, 0.3) is 0 Å². The van der Waals surface area contributed by atoms with Gasteiger partial charge in [-0.15, -0.1) is 11.3 Å². The van der Waals surface area contributed by atoms with Crippen molar-refractivity contribution >= 4 is 17.3 Å². The largest absolute Gasteiger partial charge is 0.379 e. The predicted molar refractivity (Wildman–Crippen MR) is 118 cm³/mol. The lowest BCUT2D eigenvalue weighted by molar-refractivity contribution is 0.0177. The Bertz CT molecular complexity index is 580. The molecule has 0 saturated carbocycles. The fraction of sp³-hybridized carbons (Fsp3) is 0.762. The van der Waals surface area contributed by atoms with Crippen LogP contribution in [0.3, 0.4) is 0 Å². The van der Waals surface area contributed by atoms with Gasteiger partial charge >= 0.3 is 0 Å². The molecule has 2 aliphatic rings. The number of thiophene rings is 1. The van der Waals surface area contributed by atoms with Gasteiger partial charge in [0.2, 0.25) is 0 Å². The van der Waals surface area contributed by atoms with Crippen LogP contribution in [0.25, 0.3) is 0 Å². The summed E-state index contributed by atoms with van der Waals surface area (Å²) in [5.74, 6) is 1.54. The van der Waals surface area contributed by atoms with Gasteiger partial charge in [-0.25, -0.2) is 0 Å². The molecule has 1 aromatic heterocycles. The SMILES string of the molecule is CN=C(NCC(c1cccs1)N1CCOCC1)NCC(C(C)C)N1CCCC1.